The van der Waals surface area contributed by atoms with E-state index in [0.717, 1.165) is 0 Å². The number of nitriles is 4. The van der Waals surface area contributed by atoms with Crippen LogP contribution in [-0.4, -0.2) is 11.8 Å². The first kappa shape index (κ1) is 20.6. The van der Waals surface area contributed by atoms with E-state index >= 15 is 0 Å². The summed E-state index contributed by atoms with van der Waals surface area (Å²) in [5.41, 5.74) is 1.59. The molecule has 0 unspecified atom stereocenters. The van der Waals surface area contributed by atoms with Gasteiger partial charge in [-0.05, 0) is 42.8 Å². The number of nitrogens with zero attached hydrogens (tertiary/aromatic N) is 4. The van der Waals surface area contributed by atoms with Crippen molar-refractivity contribution >= 4 is 23.2 Å². The molecule has 29 heavy (non-hydrogen) atoms. The Morgan fingerprint density at radius 3 is 1.38 bits per heavy atom. The Labute approximate surface area is 167 Å². The van der Waals surface area contributed by atoms with E-state index in [2.05, 4.69) is 10.6 Å². The zero-order chi connectivity index (χ0) is 21.2. The molecule has 0 aromatic heterocycles. The molecular weight excluding hydrogens is 368 g/mol. The second-order valence-electron chi connectivity index (χ2n) is 5.92. The van der Waals surface area contributed by atoms with Gasteiger partial charge in [-0.15, -0.1) is 0 Å². The second kappa shape index (κ2) is 9.88. The fourth-order valence-electron chi connectivity index (χ4n) is 2.48. The number of rotatable bonds is 6. The fourth-order valence-corrected chi connectivity index (χ4v) is 2.48. The average Bonchev–Trinajstić information content (AvgIpc) is 2.73. The minimum Gasteiger partial charge on any atom is -0.326 e. The monoisotopic (exact) mass is 382 g/mol. The van der Waals surface area contributed by atoms with Gasteiger partial charge in [-0.3, -0.25) is 9.59 Å². The Morgan fingerprint density at radius 2 is 1.03 bits per heavy atom. The van der Waals surface area contributed by atoms with Gasteiger partial charge in [0.05, 0.1) is 22.3 Å². The molecule has 0 aliphatic carbocycles. The highest BCUT2D eigenvalue weighted by molar-refractivity contribution is 5.93. The number of hydrogen-bond acceptors (Lipinski definition) is 6. The van der Waals surface area contributed by atoms with E-state index < -0.39 is 0 Å². The Hall–Kier alpha value is -4.66. The molecule has 0 radical (unpaired) electrons. The van der Waals surface area contributed by atoms with Crippen molar-refractivity contribution in [3.63, 3.8) is 0 Å². The van der Waals surface area contributed by atoms with Crippen LogP contribution in [0.3, 0.4) is 0 Å². The number of carbonyl (C=O) groups excluding carboxylic acids is 2. The smallest absolute Gasteiger partial charge is 0.224 e. The van der Waals surface area contributed by atoms with Gasteiger partial charge in [0.15, 0.2) is 0 Å². The summed E-state index contributed by atoms with van der Waals surface area (Å²) >= 11 is 0. The number of benzene rings is 2. The zero-order valence-electron chi connectivity index (χ0n) is 15.2. The Balaban J connectivity index is 1.84. The maximum Gasteiger partial charge on any atom is 0.224 e. The third-order valence-electron chi connectivity index (χ3n) is 3.90. The van der Waals surface area contributed by atoms with Crippen LogP contribution >= 0.6 is 0 Å². The first-order chi connectivity index (χ1) is 14.0. The molecule has 2 amide bonds. The van der Waals surface area contributed by atoms with Crippen LogP contribution in [0.1, 0.15) is 41.5 Å². The fraction of sp³-hybridized carbons (Fsp3) is 0.143. The quantitative estimate of drug-likeness (QED) is 0.783. The van der Waals surface area contributed by atoms with Crippen LogP contribution in [-0.2, 0) is 9.59 Å². The number of hydrogen-bond donors (Lipinski definition) is 2. The van der Waals surface area contributed by atoms with Gasteiger partial charge in [-0.1, -0.05) is 0 Å². The van der Waals surface area contributed by atoms with E-state index in [1.54, 1.807) is 0 Å². The van der Waals surface area contributed by atoms with E-state index in [1.807, 2.05) is 24.3 Å². The van der Waals surface area contributed by atoms with E-state index in [4.69, 9.17) is 21.0 Å². The van der Waals surface area contributed by atoms with E-state index in [9.17, 15) is 9.59 Å². The van der Waals surface area contributed by atoms with Gasteiger partial charge in [0.25, 0.3) is 0 Å². The molecule has 2 N–H and O–H groups in total. The Bertz CT molecular complexity index is 1040. The summed E-state index contributed by atoms with van der Waals surface area (Å²) < 4.78 is 0. The van der Waals surface area contributed by atoms with Crippen LogP contribution in [0.15, 0.2) is 36.4 Å². The molecule has 0 heterocycles. The summed E-state index contributed by atoms with van der Waals surface area (Å²) in [5, 5.41) is 41.0. The lowest BCUT2D eigenvalue weighted by Gasteiger charge is -2.07. The normalized spacial score (nSPS) is 9.24. The Morgan fingerprint density at radius 1 is 0.655 bits per heavy atom. The molecule has 8 heteroatoms. The molecule has 140 valence electrons. The van der Waals surface area contributed by atoms with Crippen molar-refractivity contribution < 1.29 is 9.59 Å². The topological polar surface area (TPSA) is 153 Å². The lowest BCUT2D eigenvalue weighted by atomic mass is 10.1. The second-order valence-corrected chi connectivity index (χ2v) is 5.92. The largest absolute Gasteiger partial charge is 0.326 e. The third kappa shape index (κ3) is 5.66. The predicted molar refractivity (Wildman–Crippen MR) is 103 cm³/mol. The molecule has 0 bridgehead atoms. The van der Waals surface area contributed by atoms with Gasteiger partial charge < -0.3 is 10.6 Å². The molecule has 2 aromatic carbocycles. The summed E-state index contributed by atoms with van der Waals surface area (Å²) in [4.78, 5) is 24.0. The summed E-state index contributed by atoms with van der Waals surface area (Å²) in [6, 6.07) is 16.4. The van der Waals surface area contributed by atoms with Crippen LogP contribution in [0.25, 0.3) is 0 Å². The van der Waals surface area contributed by atoms with Crippen molar-refractivity contribution in [2.75, 3.05) is 10.6 Å². The van der Waals surface area contributed by atoms with E-state index in [-0.39, 0.29) is 46.9 Å². The number of amides is 2. The number of carbonyl (C=O) groups is 2. The van der Waals surface area contributed by atoms with E-state index in [1.165, 1.54) is 36.4 Å². The van der Waals surface area contributed by atoms with Crippen molar-refractivity contribution in [3.05, 3.63) is 58.7 Å². The van der Waals surface area contributed by atoms with Crippen molar-refractivity contribution in [2.45, 2.75) is 19.3 Å². The molecule has 2 aromatic rings. The molecule has 0 aliphatic heterocycles. The standard InChI is InChI=1S/C21H14N6O2/c22-10-14-4-6-18(8-16(14)12-24)26-20(28)2-1-3-21(29)27-19-7-5-15(11-23)17(9-19)13-25/h4-9H,1-3H2,(H,26,28)(H,27,29). The molecule has 8 nitrogen and oxygen atoms in total. The number of nitrogens with one attached hydrogen (secondary N) is 2. The predicted octanol–water partition coefficient (Wildman–Crippen LogP) is 2.92. The highest BCUT2D eigenvalue weighted by atomic mass is 16.2. The van der Waals surface area contributed by atoms with Crippen molar-refractivity contribution in [1.29, 1.82) is 21.0 Å². The maximum absolute atomic E-state index is 12.0. The van der Waals surface area contributed by atoms with Crippen LogP contribution in [0.2, 0.25) is 0 Å². The molecule has 0 atom stereocenters. The van der Waals surface area contributed by atoms with Crippen LogP contribution in [0.5, 0.6) is 0 Å². The average molecular weight is 382 g/mol. The van der Waals surface area contributed by atoms with Crippen molar-refractivity contribution in [2.24, 2.45) is 0 Å². The van der Waals surface area contributed by atoms with Crippen LogP contribution < -0.4 is 10.6 Å². The first-order valence-electron chi connectivity index (χ1n) is 8.49. The van der Waals surface area contributed by atoms with Gasteiger partial charge >= 0.3 is 0 Å². The minimum atomic E-state index is -0.323. The highest BCUT2D eigenvalue weighted by Crippen LogP contribution is 2.16. The lowest BCUT2D eigenvalue weighted by Crippen LogP contribution is -2.15. The van der Waals surface area contributed by atoms with Crippen molar-refractivity contribution in [1.82, 2.24) is 0 Å². The zero-order valence-corrected chi connectivity index (χ0v) is 15.2. The summed E-state index contributed by atoms with van der Waals surface area (Å²) in [6.45, 7) is 0. The Kier molecular flexibility index (Phi) is 7.03. The van der Waals surface area contributed by atoms with Gasteiger partial charge in [0.1, 0.15) is 24.3 Å². The highest BCUT2D eigenvalue weighted by Gasteiger charge is 2.09. The van der Waals surface area contributed by atoms with Gasteiger partial charge in [0, 0.05) is 24.2 Å². The van der Waals surface area contributed by atoms with Crippen LogP contribution in [0, 0.1) is 45.3 Å². The van der Waals surface area contributed by atoms with E-state index in [0.29, 0.717) is 17.8 Å². The molecule has 0 spiro atoms. The number of anilines is 2. The molecule has 0 fully saturated rings. The molecule has 0 saturated carbocycles. The molecule has 0 aliphatic rings. The molecule has 2 rings (SSSR count). The van der Waals surface area contributed by atoms with Crippen LogP contribution in [0.4, 0.5) is 11.4 Å². The maximum atomic E-state index is 12.0. The SMILES string of the molecule is N#Cc1ccc(NC(=O)CCCC(=O)Nc2ccc(C#N)c(C#N)c2)cc1C#N. The summed E-state index contributed by atoms with van der Waals surface area (Å²) in [5.74, 6) is -0.645. The summed E-state index contributed by atoms with van der Waals surface area (Å²) in [7, 11) is 0. The minimum absolute atomic E-state index is 0.0894. The first-order valence-corrected chi connectivity index (χ1v) is 8.49. The van der Waals surface area contributed by atoms with Crippen molar-refractivity contribution in [3.8, 4) is 24.3 Å². The molecule has 0 saturated heterocycles. The third-order valence-corrected chi connectivity index (χ3v) is 3.90. The van der Waals surface area contributed by atoms with Gasteiger partial charge in [0.2, 0.25) is 11.8 Å². The summed E-state index contributed by atoms with van der Waals surface area (Å²) in [6.07, 6.45) is 0.471. The van der Waals surface area contributed by atoms with Gasteiger partial charge in [-0.25, -0.2) is 0 Å². The molecular formula is C21H14N6O2. The van der Waals surface area contributed by atoms with Gasteiger partial charge in [-0.2, -0.15) is 21.0 Å². The lowest BCUT2D eigenvalue weighted by molar-refractivity contribution is -0.117.